The number of para-hydroxylation sites is 1. The van der Waals surface area contributed by atoms with Gasteiger partial charge in [-0.15, -0.1) is 0 Å². The lowest BCUT2D eigenvalue weighted by atomic mass is 10.2. The SMILES string of the molecule is Cc1ccccc1OC[C@H](O)CN1CCCC1. The molecule has 1 heterocycles. The number of hydrogen-bond donors (Lipinski definition) is 1. The topological polar surface area (TPSA) is 32.7 Å². The van der Waals surface area contributed by atoms with E-state index in [0.29, 0.717) is 6.61 Å². The van der Waals surface area contributed by atoms with Crippen LogP contribution < -0.4 is 4.74 Å². The summed E-state index contributed by atoms with van der Waals surface area (Å²) in [6.07, 6.45) is 2.12. The maximum Gasteiger partial charge on any atom is 0.122 e. The minimum atomic E-state index is -0.396. The largest absolute Gasteiger partial charge is 0.491 e. The molecule has 1 fully saturated rings. The zero-order valence-corrected chi connectivity index (χ0v) is 10.4. The second-order valence-corrected chi connectivity index (χ2v) is 4.74. The van der Waals surface area contributed by atoms with Crippen LogP contribution >= 0.6 is 0 Å². The molecule has 1 aliphatic rings. The number of aliphatic hydroxyl groups excluding tert-OH is 1. The van der Waals surface area contributed by atoms with Crippen LogP contribution in [0.1, 0.15) is 18.4 Å². The lowest BCUT2D eigenvalue weighted by molar-refractivity contribution is 0.0756. The summed E-state index contributed by atoms with van der Waals surface area (Å²) in [5.74, 6) is 0.868. The summed E-state index contributed by atoms with van der Waals surface area (Å²) in [6, 6.07) is 7.90. The molecule has 94 valence electrons. The average molecular weight is 235 g/mol. The standard InChI is InChI=1S/C14H21NO2/c1-12-6-2-3-7-14(12)17-11-13(16)10-15-8-4-5-9-15/h2-3,6-7,13,16H,4-5,8-11H2,1H3/t13-/m1/s1. The highest BCUT2D eigenvalue weighted by Crippen LogP contribution is 2.16. The Balaban J connectivity index is 1.75. The van der Waals surface area contributed by atoms with Gasteiger partial charge in [0, 0.05) is 6.54 Å². The number of rotatable bonds is 5. The van der Waals surface area contributed by atoms with E-state index < -0.39 is 6.10 Å². The molecule has 0 unspecified atom stereocenters. The van der Waals surface area contributed by atoms with Gasteiger partial charge in [0.05, 0.1) is 0 Å². The number of likely N-dealkylation sites (tertiary alicyclic amines) is 1. The van der Waals surface area contributed by atoms with Crippen LogP contribution in [0.25, 0.3) is 0 Å². The molecule has 0 saturated carbocycles. The molecule has 3 nitrogen and oxygen atoms in total. The van der Waals surface area contributed by atoms with Crippen molar-refractivity contribution in [2.45, 2.75) is 25.9 Å². The van der Waals surface area contributed by atoms with Crippen molar-refractivity contribution in [3.63, 3.8) is 0 Å². The Morgan fingerprint density at radius 2 is 2.00 bits per heavy atom. The molecular weight excluding hydrogens is 214 g/mol. The zero-order valence-electron chi connectivity index (χ0n) is 10.4. The van der Waals surface area contributed by atoms with Crippen LogP contribution in [0.2, 0.25) is 0 Å². The van der Waals surface area contributed by atoms with Crippen molar-refractivity contribution in [2.75, 3.05) is 26.2 Å². The predicted molar refractivity (Wildman–Crippen MR) is 68.4 cm³/mol. The van der Waals surface area contributed by atoms with E-state index in [4.69, 9.17) is 4.74 Å². The smallest absolute Gasteiger partial charge is 0.122 e. The van der Waals surface area contributed by atoms with E-state index in [2.05, 4.69) is 4.90 Å². The van der Waals surface area contributed by atoms with Gasteiger partial charge in [-0.1, -0.05) is 18.2 Å². The van der Waals surface area contributed by atoms with Gasteiger partial charge >= 0.3 is 0 Å². The van der Waals surface area contributed by atoms with Gasteiger partial charge in [0.15, 0.2) is 0 Å². The third-order valence-electron chi connectivity index (χ3n) is 3.19. The quantitative estimate of drug-likeness (QED) is 0.845. The highest BCUT2D eigenvalue weighted by atomic mass is 16.5. The Hall–Kier alpha value is -1.06. The number of β-amino-alcohol motifs (C(OH)–C–C–N with tert-alkyl or cyclic N) is 1. The maximum absolute atomic E-state index is 9.90. The minimum absolute atomic E-state index is 0.376. The van der Waals surface area contributed by atoms with E-state index in [1.165, 1.54) is 12.8 Å². The van der Waals surface area contributed by atoms with Gasteiger partial charge in [0.2, 0.25) is 0 Å². The lowest BCUT2D eigenvalue weighted by Gasteiger charge is -2.19. The van der Waals surface area contributed by atoms with E-state index in [9.17, 15) is 5.11 Å². The van der Waals surface area contributed by atoms with Crippen molar-refractivity contribution in [1.82, 2.24) is 4.90 Å². The van der Waals surface area contributed by atoms with Gasteiger partial charge in [0.25, 0.3) is 0 Å². The van der Waals surface area contributed by atoms with Gasteiger partial charge < -0.3 is 14.7 Å². The fraction of sp³-hybridized carbons (Fsp3) is 0.571. The van der Waals surface area contributed by atoms with E-state index in [-0.39, 0.29) is 0 Å². The fourth-order valence-corrected chi connectivity index (χ4v) is 2.22. The first kappa shape index (κ1) is 12.4. The fourth-order valence-electron chi connectivity index (χ4n) is 2.22. The second kappa shape index (κ2) is 6.03. The van der Waals surface area contributed by atoms with E-state index in [0.717, 1.165) is 30.9 Å². The average Bonchev–Trinajstić information content (AvgIpc) is 2.81. The van der Waals surface area contributed by atoms with Crippen LogP contribution in [0.15, 0.2) is 24.3 Å². The summed E-state index contributed by atoms with van der Waals surface area (Å²) in [5, 5.41) is 9.90. The van der Waals surface area contributed by atoms with Crippen LogP contribution in [-0.2, 0) is 0 Å². The molecule has 1 aromatic carbocycles. The molecule has 0 amide bonds. The molecule has 0 aromatic heterocycles. The monoisotopic (exact) mass is 235 g/mol. The number of nitrogens with zero attached hydrogens (tertiary/aromatic N) is 1. The summed E-state index contributed by atoms with van der Waals surface area (Å²) in [6.45, 7) is 5.35. The zero-order chi connectivity index (χ0) is 12.1. The Kier molecular flexibility index (Phi) is 4.40. The highest BCUT2D eigenvalue weighted by molar-refractivity contribution is 5.31. The van der Waals surface area contributed by atoms with Crippen molar-refractivity contribution in [3.05, 3.63) is 29.8 Å². The molecule has 0 bridgehead atoms. The second-order valence-electron chi connectivity index (χ2n) is 4.74. The van der Waals surface area contributed by atoms with Crippen molar-refractivity contribution in [3.8, 4) is 5.75 Å². The van der Waals surface area contributed by atoms with Gasteiger partial charge in [-0.25, -0.2) is 0 Å². The normalized spacial score (nSPS) is 18.2. The third-order valence-corrected chi connectivity index (χ3v) is 3.19. The molecule has 1 saturated heterocycles. The van der Waals surface area contributed by atoms with Gasteiger partial charge in [0.1, 0.15) is 18.5 Å². The van der Waals surface area contributed by atoms with Crippen LogP contribution in [0.4, 0.5) is 0 Å². The molecule has 0 radical (unpaired) electrons. The number of ether oxygens (including phenoxy) is 1. The first-order valence-corrected chi connectivity index (χ1v) is 6.34. The van der Waals surface area contributed by atoms with Crippen LogP contribution in [0.3, 0.4) is 0 Å². The summed E-state index contributed by atoms with van der Waals surface area (Å²) < 4.78 is 5.63. The Morgan fingerprint density at radius 3 is 2.71 bits per heavy atom. The molecule has 2 rings (SSSR count). The minimum Gasteiger partial charge on any atom is -0.491 e. The van der Waals surface area contributed by atoms with Gasteiger partial charge in [-0.3, -0.25) is 0 Å². The number of aliphatic hydroxyl groups is 1. The number of aryl methyl sites for hydroxylation is 1. The molecule has 0 spiro atoms. The summed E-state index contributed by atoms with van der Waals surface area (Å²) in [7, 11) is 0. The molecular formula is C14H21NO2. The Morgan fingerprint density at radius 1 is 1.29 bits per heavy atom. The summed E-state index contributed by atoms with van der Waals surface area (Å²) in [5.41, 5.74) is 1.11. The van der Waals surface area contributed by atoms with Crippen LogP contribution in [0, 0.1) is 6.92 Å². The van der Waals surface area contributed by atoms with E-state index in [1.807, 2.05) is 31.2 Å². The van der Waals surface area contributed by atoms with Crippen LogP contribution in [0.5, 0.6) is 5.75 Å². The lowest BCUT2D eigenvalue weighted by Crippen LogP contribution is -2.33. The molecule has 1 atom stereocenters. The molecule has 1 N–H and O–H groups in total. The van der Waals surface area contributed by atoms with E-state index in [1.54, 1.807) is 0 Å². The van der Waals surface area contributed by atoms with E-state index >= 15 is 0 Å². The van der Waals surface area contributed by atoms with Crippen LogP contribution in [-0.4, -0.2) is 42.4 Å². The van der Waals surface area contributed by atoms with Gasteiger partial charge in [-0.2, -0.15) is 0 Å². The summed E-state index contributed by atoms with van der Waals surface area (Å²) in [4.78, 5) is 2.30. The molecule has 3 heteroatoms. The molecule has 1 aromatic rings. The van der Waals surface area contributed by atoms with Crippen molar-refractivity contribution >= 4 is 0 Å². The highest BCUT2D eigenvalue weighted by Gasteiger charge is 2.16. The van der Waals surface area contributed by atoms with Crippen molar-refractivity contribution in [2.24, 2.45) is 0 Å². The summed E-state index contributed by atoms with van der Waals surface area (Å²) >= 11 is 0. The Labute approximate surface area is 103 Å². The predicted octanol–water partition coefficient (Wildman–Crippen LogP) is 1.83. The molecule has 0 aliphatic carbocycles. The Bertz CT molecular complexity index is 348. The third kappa shape index (κ3) is 3.72. The maximum atomic E-state index is 9.90. The number of benzene rings is 1. The molecule has 1 aliphatic heterocycles. The first-order valence-electron chi connectivity index (χ1n) is 6.34. The van der Waals surface area contributed by atoms with Gasteiger partial charge in [-0.05, 0) is 44.5 Å². The van der Waals surface area contributed by atoms with Crippen molar-refractivity contribution < 1.29 is 9.84 Å². The molecule has 17 heavy (non-hydrogen) atoms. The first-order chi connectivity index (χ1) is 8.25. The van der Waals surface area contributed by atoms with Crippen molar-refractivity contribution in [1.29, 1.82) is 0 Å². The number of hydrogen-bond acceptors (Lipinski definition) is 3.